The van der Waals surface area contributed by atoms with Crippen LogP contribution in [0.25, 0.3) is 0 Å². The molecule has 9 heteroatoms. The Morgan fingerprint density at radius 2 is 2.30 bits per heavy atom. The fourth-order valence-electron chi connectivity index (χ4n) is 1.82. The van der Waals surface area contributed by atoms with Gasteiger partial charge in [0.05, 0.1) is 12.9 Å². The summed E-state index contributed by atoms with van der Waals surface area (Å²) >= 11 is 1.19. The zero-order chi connectivity index (χ0) is 16.1. The number of aromatic nitrogens is 5. The first-order valence-electron chi connectivity index (χ1n) is 6.69. The van der Waals surface area contributed by atoms with Crippen LogP contribution < -0.4 is 4.74 Å². The molecule has 0 fully saturated rings. The van der Waals surface area contributed by atoms with Gasteiger partial charge in [0.15, 0.2) is 5.78 Å². The Morgan fingerprint density at radius 1 is 1.39 bits per heavy atom. The lowest BCUT2D eigenvalue weighted by Gasteiger charge is -2.02. The largest absolute Gasteiger partial charge is 0.497 e. The number of thioether (sulfide) groups is 1. The van der Waals surface area contributed by atoms with Crippen molar-refractivity contribution >= 4 is 17.5 Å². The average Bonchev–Trinajstić information content (AvgIpc) is 3.25. The molecule has 0 unspecified atom stereocenters. The van der Waals surface area contributed by atoms with Crippen LogP contribution in [-0.4, -0.2) is 43.6 Å². The van der Waals surface area contributed by atoms with Crippen LogP contribution in [0.15, 0.2) is 46.6 Å². The van der Waals surface area contributed by atoms with E-state index in [2.05, 4.69) is 20.3 Å². The summed E-state index contributed by atoms with van der Waals surface area (Å²) in [6.07, 6.45) is 2.99. The second-order valence-corrected chi connectivity index (χ2v) is 5.43. The molecule has 23 heavy (non-hydrogen) atoms. The van der Waals surface area contributed by atoms with Crippen molar-refractivity contribution in [3.05, 3.63) is 48.4 Å². The summed E-state index contributed by atoms with van der Waals surface area (Å²) in [6.45, 7) is 0.345. The Labute approximate surface area is 135 Å². The fourth-order valence-corrected chi connectivity index (χ4v) is 2.50. The van der Waals surface area contributed by atoms with Gasteiger partial charge in [-0.05, 0) is 12.1 Å². The van der Waals surface area contributed by atoms with Gasteiger partial charge in [0.2, 0.25) is 5.89 Å². The number of methoxy groups -OCH3 is 1. The molecule has 0 atom stereocenters. The highest BCUT2D eigenvalue weighted by Gasteiger charge is 2.12. The average molecular weight is 331 g/mol. The molecule has 2 heterocycles. The maximum Gasteiger partial charge on any atom is 0.277 e. The molecule has 3 aromatic rings. The minimum absolute atomic E-state index is 0.0371. The summed E-state index contributed by atoms with van der Waals surface area (Å²) in [4.78, 5) is 16.0. The number of nitrogens with zero attached hydrogens (tertiary/aromatic N) is 5. The molecule has 0 saturated heterocycles. The Hall–Kier alpha value is -2.68. The molecular formula is C14H13N5O3S. The van der Waals surface area contributed by atoms with Crippen LogP contribution in [0.2, 0.25) is 0 Å². The predicted molar refractivity (Wildman–Crippen MR) is 81.5 cm³/mol. The van der Waals surface area contributed by atoms with Crippen LogP contribution in [0.3, 0.4) is 0 Å². The normalized spacial score (nSPS) is 10.7. The summed E-state index contributed by atoms with van der Waals surface area (Å²) in [5, 5.41) is 12.1. The Bertz CT molecular complexity index is 787. The molecule has 0 spiro atoms. The molecule has 2 aromatic heterocycles. The molecule has 0 N–H and O–H groups in total. The van der Waals surface area contributed by atoms with E-state index in [-0.39, 0.29) is 11.5 Å². The summed E-state index contributed by atoms with van der Waals surface area (Å²) in [7, 11) is 1.56. The molecule has 0 amide bonds. The van der Waals surface area contributed by atoms with Gasteiger partial charge in [-0.25, -0.2) is 9.67 Å². The zero-order valence-electron chi connectivity index (χ0n) is 12.2. The van der Waals surface area contributed by atoms with E-state index in [9.17, 15) is 4.79 Å². The first-order chi connectivity index (χ1) is 11.2. The highest BCUT2D eigenvalue weighted by molar-refractivity contribution is 7.99. The minimum atomic E-state index is -0.0371. The molecule has 0 radical (unpaired) electrons. The van der Waals surface area contributed by atoms with Gasteiger partial charge in [0.1, 0.15) is 24.9 Å². The van der Waals surface area contributed by atoms with E-state index in [1.165, 1.54) is 18.1 Å². The summed E-state index contributed by atoms with van der Waals surface area (Å²) in [6, 6.07) is 7.01. The van der Waals surface area contributed by atoms with Gasteiger partial charge in [-0.1, -0.05) is 23.9 Å². The van der Waals surface area contributed by atoms with E-state index in [1.807, 2.05) is 0 Å². The lowest BCUT2D eigenvalue weighted by Crippen LogP contribution is -2.02. The molecule has 118 valence electrons. The van der Waals surface area contributed by atoms with Gasteiger partial charge < -0.3 is 9.15 Å². The third kappa shape index (κ3) is 3.95. The van der Waals surface area contributed by atoms with E-state index < -0.39 is 0 Å². The molecule has 0 bridgehead atoms. The first kappa shape index (κ1) is 15.2. The van der Waals surface area contributed by atoms with Crippen LogP contribution >= 0.6 is 11.8 Å². The van der Waals surface area contributed by atoms with Gasteiger partial charge >= 0.3 is 0 Å². The summed E-state index contributed by atoms with van der Waals surface area (Å²) in [5.41, 5.74) is 0.583. The zero-order valence-corrected chi connectivity index (χ0v) is 13.1. The van der Waals surface area contributed by atoms with Gasteiger partial charge in [-0.15, -0.1) is 10.2 Å². The van der Waals surface area contributed by atoms with Crippen LogP contribution in [0.1, 0.15) is 16.2 Å². The van der Waals surface area contributed by atoms with E-state index in [1.54, 1.807) is 42.4 Å². The monoisotopic (exact) mass is 331 g/mol. The Morgan fingerprint density at radius 3 is 3.09 bits per heavy atom. The number of ketones is 1. The number of ether oxygens (including phenoxy) is 1. The number of rotatable bonds is 7. The standard InChI is InChI=1S/C14H13N5O3S/c1-21-11-4-2-3-10(5-11)12(20)7-23-14-18-17-13(22-14)6-19-9-15-8-16-19/h2-5,8-9H,6-7H2,1H3. The third-order valence-corrected chi connectivity index (χ3v) is 3.75. The number of benzene rings is 1. The predicted octanol–water partition coefficient (Wildman–Crippen LogP) is 1.69. The molecule has 0 aliphatic rings. The molecule has 0 saturated carbocycles. The van der Waals surface area contributed by atoms with E-state index in [0.29, 0.717) is 29.0 Å². The Balaban J connectivity index is 1.57. The van der Waals surface area contributed by atoms with Crippen molar-refractivity contribution < 1.29 is 13.9 Å². The van der Waals surface area contributed by atoms with Crippen molar-refractivity contribution in [3.63, 3.8) is 0 Å². The molecule has 0 aliphatic heterocycles. The number of hydrogen-bond donors (Lipinski definition) is 0. The van der Waals surface area contributed by atoms with Gasteiger partial charge in [-0.2, -0.15) is 5.10 Å². The number of hydrogen-bond acceptors (Lipinski definition) is 8. The molecule has 8 nitrogen and oxygen atoms in total. The minimum Gasteiger partial charge on any atom is -0.497 e. The fraction of sp³-hybridized carbons (Fsp3) is 0.214. The highest BCUT2D eigenvalue weighted by Crippen LogP contribution is 2.20. The third-order valence-electron chi connectivity index (χ3n) is 2.93. The molecule has 0 aliphatic carbocycles. The van der Waals surface area contributed by atoms with Crippen molar-refractivity contribution in [3.8, 4) is 5.75 Å². The number of carbonyl (C=O) groups is 1. The molecular weight excluding hydrogens is 318 g/mol. The van der Waals surface area contributed by atoms with Crippen LogP contribution in [0, 0.1) is 0 Å². The number of Topliss-reactive ketones (excluding diaryl/α,β-unsaturated/α-hetero) is 1. The Kier molecular flexibility index (Phi) is 4.67. The van der Waals surface area contributed by atoms with E-state index >= 15 is 0 Å². The van der Waals surface area contributed by atoms with Crippen molar-refractivity contribution in [2.75, 3.05) is 12.9 Å². The van der Waals surface area contributed by atoms with Gasteiger partial charge in [-0.3, -0.25) is 4.79 Å². The second kappa shape index (κ2) is 7.05. The smallest absolute Gasteiger partial charge is 0.277 e. The van der Waals surface area contributed by atoms with Crippen molar-refractivity contribution in [1.29, 1.82) is 0 Å². The van der Waals surface area contributed by atoms with Crippen LogP contribution in [0.4, 0.5) is 0 Å². The topological polar surface area (TPSA) is 95.9 Å². The van der Waals surface area contributed by atoms with Crippen molar-refractivity contribution in [1.82, 2.24) is 25.0 Å². The van der Waals surface area contributed by atoms with Crippen molar-refractivity contribution in [2.24, 2.45) is 0 Å². The first-order valence-corrected chi connectivity index (χ1v) is 7.68. The SMILES string of the molecule is COc1cccc(C(=O)CSc2nnc(Cn3cncn3)o2)c1. The maximum absolute atomic E-state index is 12.2. The van der Waals surface area contributed by atoms with Gasteiger partial charge in [0, 0.05) is 5.56 Å². The van der Waals surface area contributed by atoms with E-state index in [4.69, 9.17) is 9.15 Å². The number of carbonyl (C=O) groups excluding carboxylic acids is 1. The molecule has 3 rings (SSSR count). The van der Waals surface area contributed by atoms with Crippen LogP contribution in [0.5, 0.6) is 5.75 Å². The summed E-state index contributed by atoms with van der Waals surface area (Å²) in [5.74, 6) is 1.23. The van der Waals surface area contributed by atoms with Crippen molar-refractivity contribution in [2.45, 2.75) is 11.8 Å². The lowest BCUT2D eigenvalue weighted by molar-refractivity contribution is 0.102. The maximum atomic E-state index is 12.2. The molecule has 1 aromatic carbocycles. The lowest BCUT2D eigenvalue weighted by atomic mass is 10.1. The quantitative estimate of drug-likeness (QED) is 0.477. The van der Waals surface area contributed by atoms with Crippen LogP contribution in [-0.2, 0) is 6.54 Å². The summed E-state index contributed by atoms with van der Waals surface area (Å²) < 4.78 is 12.1. The second-order valence-electron chi connectivity index (χ2n) is 4.50. The van der Waals surface area contributed by atoms with Gasteiger partial charge in [0.25, 0.3) is 5.22 Å². The van der Waals surface area contributed by atoms with E-state index in [0.717, 1.165) is 0 Å². The highest BCUT2D eigenvalue weighted by atomic mass is 32.2.